The Hall–Kier alpha value is -1.80. The van der Waals surface area contributed by atoms with Crippen LogP contribution >= 0.6 is 12.2 Å². The monoisotopic (exact) mass is 362 g/mol. The minimum atomic E-state index is -0.683. The van der Waals surface area contributed by atoms with E-state index in [9.17, 15) is 0 Å². The first-order chi connectivity index (χ1) is 12.0. The second-order valence-electron chi connectivity index (χ2n) is 6.26. The molecule has 1 aromatic heterocycles. The van der Waals surface area contributed by atoms with Gasteiger partial charge in [0.25, 0.3) is 5.17 Å². The molecule has 0 bridgehead atoms. The number of thiocarbonyl (C=S) groups is 1. The first kappa shape index (κ1) is 18.0. The zero-order valence-corrected chi connectivity index (χ0v) is 15.1. The number of benzene rings is 1. The molecule has 0 spiro atoms. The maximum absolute atomic E-state index is 5.99. The van der Waals surface area contributed by atoms with Crippen LogP contribution in [0.25, 0.3) is 0 Å². The Labute approximate surface area is 152 Å². The van der Waals surface area contributed by atoms with E-state index in [2.05, 4.69) is 4.98 Å². The lowest BCUT2D eigenvalue weighted by Gasteiger charge is -2.40. The van der Waals surface area contributed by atoms with Crippen LogP contribution in [0.3, 0.4) is 0 Å². The summed E-state index contributed by atoms with van der Waals surface area (Å²) in [6, 6.07) is 10.0. The van der Waals surface area contributed by atoms with E-state index in [1.807, 2.05) is 44.2 Å². The van der Waals surface area contributed by atoms with Crippen molar-refractivity contribution in [3.05, 3.63) is 54.6 Å². The molecule has 1 saturated heterocycles. The van der Waals surface area contributed by atoms with Crippen molar-refractivity contribution in [1.82, 2.24) is 9.55 Å². The summed E-state index contributed by atoms with van der Waals surface area (Å²) < 4.78 is 25.0. The predicted molar refractivity (Wildman–Crippen MR) is 96.1 cm³/mol. The van der Waals surface area contributed by atoms with Gasteiger partial charge in [-0.05, 0) is 31.6 Å². The second-order valence-corrected chi connectivity index (χ2v) is 6.61. The van der Waals surface area contributed by atoms with Crippen LogP contribution in [0.4, 0.5) is 0 Å². The lowest BCUT2D eigenvalue weighted by molar-refractivity contribution is -0.308. The van der Waals surface area contributed by atoms with E-state index in [1.54, 1.807) is 23.3 Å². The second kappa shape index (κ2) is 8.05. The third kappa shape index (κ3) is 5.09. The first-order valence-corrected chi connectivity index (χ1v) is 8.57. The molecule has 0 radical (unpaired) electrons. The average Bonchev–Trinajstić information content (AvgIpc) is 3.12. The number of hydrogen-bond acceptors (Lipinski definition) is 6. The first-order valence-electron chi connectivity index (χ1n) is 8.16. The summed E-state index contributed by atoms with van der Waals surface area (Å²) in [5.74, 6) is -0.683. The molecule has 1 aliphatic rings. The highest BCUT2D eigenvalue weighted by Crippen LogP contribution is 2.25. The average molecular weight is 362 g/mol. The van der Waals surface area contributed by atoms with Crippen LogP contribution in [-0.4, -0.2) is 45.9 Å². The maximum atomic E-state index is 5.99. The van der Waals surface area contributed by atoms with Gasteiger partial charge in [-0.1, -0.05) is 30.3 Å². The van der Waals surface area contributed by atoms with Gasteiger partial charge in [0.2, 0.25) is 0 Å². The third-order valence-electron chi connectivity index (χ3n) is 3.81. The molecule has 2 heterocycles. The molecule has 7 heteroatoms. The molecule has 1 fully saturated rings. The van der Waals surface area contributed by atoms with Crippen molar-refractivity contribution in [3.63, 3.8) is 0 Å². The number of ether oxygens (including phenoxy) is 4. The molecule has 6 nitrogen and oxygen atoms in total. The van der Waals surface area contributed by atoms with Gasteiger partial charge < -0.3 is 18.9 Å². The molecular weight excluding hydrogens is 340 g/mol. The Bertz CT molecular complexity index is 676. The Balaban J connectivity index is 1.58. The van der Waals surface area contributed by atoms with Gasteiger partial charge in [0, 0.05) is 12.4 Å². The summed E-state index contributed by atoms with van der Waals surface area (Å²) in [7, 11) is 0. The lowest BCUT2D eigenvalue weighted by Crippen LogP contribution is -2.52. The topological polar surface area (TPSA) is 54.7 Å². The molecule has 0 aliphatic carbocycles. The fourth-order valence-electron chi connectivity index (χ4n) is 2.54. The van der Waals surface area contributed by atoms with E-state index in [0.717, 1.165) is 5.56 Å². The molecule has 3 rings (SSSR count). The summed E-state index contributed by atoms with van der Waals surface area (Å²) in [6.45, 7) is 5.03. The summed E-state index contributed by atoms with van der Waals surface area (Å²) in [5, 5.41) is 0.308. The van der Waals surface area contributed by atoms with Gasteiger partial charge in [-0.2, -0.15) is 0 Å². The van der Waals surface area contributed by atoms with Crippen molar-refractivity contribution in [1.29, 1.82) is 0 Å². The van der Waals surface area contributed by atoms with Gasteiger partial charge >= 0.3 is 0 Å². The van der Waals surface area contributed by atoms with Crippen molar-refractivity contribution in [2.45, 2.75) is 38.4 Å². The van der Waals surface area contributed by atoms with Crippen molar-refractivity contribution >= 4 is 17.4 Å². The van der Waals surface area contributed by atoms with E-state index in [1.165, 1.54) is 0 Å². The van der Waals surface area contributed by atoms with Crippen LogP contribution in [0.1, 0.15) is 19.4 Å². The molecule has 25 heavy (non-hydrogen) atoms. The van der Waals surface area contributed by atoms with Crippen LogP contribution < -0.4 is 0 Å². The highest BCUT2D eigenvalue weighted by Gasteiger charge is 2.38. The number of aromatic nitrogens is 2. The maximum Gasteiger partial charge on any atom is 0.269 e. The molecule has 2 aromatic rings. The Morgan fingerprint density at radius 2 is 2.16 bits per heavy atom. The van der Waals surface area contributed by atoms with Crippen molar-refractivity contribution < 1.29 is 18.9 Å². The normalized spacial score (nSPS) is 22.5. The van der Waals surface area contributed by atoms with Crippen LogP contribution in [0.2, 0.25) is 0 Å². The molecule has 134 valence electrons. The Morgan fingerprint density at radius 3 is 2.88 bits per heavy atom. The van der Waals surface area contributed by atoms with Gasteiger partial charge in [-0.15, -0.1) is 0 Å². The van der Waals surface area contributed by atoms with Gasteiger partial charge in [0.15, 0.2) is 11.9 Å². The molecule has 1 aliphatic heterocycles. The molecule has 0 unspecified atom stereocenters. The molecule has 0 N–H and O–H groups in total. The molecule has 2 atom stereocenters. The fourth-order valence-corrected chi connectivity index (χ4v) is 2.77. The van der Waals surface area contributed by atoms with Crippen molar-refractivity contribution in [2.75, 3.05) is 13.2 Å². The third-order valence-corrected chi connectivity index (χ3v) is 4.11. The minimum Gasteiger partial charge on any atom is -0.462 e. The number of imidazole rings is 1. The fraction of sp³-hybridized carbons (Fsp3) is 0.444. The van der Waals surface area contributed by atoms with Crippen molar-refractivity contribution in [2.24, 2.45) is 0 Å². The number of hydrogen-bond donors (Lipinski definition) is 0. The van der Waals surface area contributed by atoms with E-state index >= 15 is 0 Å². The largest absolute Gasteiger partial charge is 0.462 e. The quantitative estimate of drug-likeness (QED) is 0.763. The zero-order chi connectivity index (χ0) is 17.7. The van der Waals surface area contributed by atoms with Crippen LogP contribution in [0.15, 0.2) is 49.1 Å². The predicted octanol–water partition coefficient (Wildman–Crippen LogP) is 2.77. The summed E-state index contributed by atoms with van der Waals surface area (Å²) >= 11 is 5.30. The van der Waals surface area contributed by atoms with Crippen LogP contribution in [0, 0.1) is 0 Å². The van der Waals surface area contributed by atoms with Gasteiger partial charge in [-0.25, -0.2) is 4.98 Å². The highest BCUT2D eigenvalue weighted by atomic mass is 32.1. The summed E-state index contributed by atoms with van der Waals surface area (Å²) in [4.78, 5) is 3.97. The molecular formula is C18H22N2O4S. The van der Waals surface area contributed by atoms with Crippen LogP contribution in [0.5, 0.6) is 0 Å². The van der Waals surface area contributed by atoms with E-state index in [4.69, 9.17) is 31.2 Å². The summed E-state index contributed by atoms with van der Waals surface area (Å²) in [6.07, 6.45) is 4.34. The highest BCUT2D eigenvalue weighted by molar-refractivity contribution is 7.80. The Morgan fingerprint density at radius 1 is 1.36 bits per heavy atom. The van der Waals surface area contributed by atoms with Crippen molar-refractivity contribution in [3.8, 4) is 0 Å². The van der Waals surface area contributed by atoms with Gasteiger partial charge in [-0.3, -0.25) is 4.57 Å². The molecule has 1 aromatic carbocycles. The smallest absolute Gasteiger partial charge is 0.269 e. The van der Waals surface area contributed by atoms with E-state index in [-0.39, 0.29) is 12.2 Å². The zero-order valence-electron chi connectivity index (χ0n) is 14.3. The molecule has 0 saturated carbocycles. The van der Waals surface area contributed by atoms with Crippen LogP contribution in [-0.2, 0) is 25.6 Å². The SMILES string of the molecule is CC1(C)OC[C@@H](OC(=S)n2ccnc2)[C@H](COCc2ccccc2)O1. The Kier molecular flexibility index (Phi) is 5.80. The standard InChI is InChI=1S/C18H22N2O4S/c1-18(2)22-12-15(23-17(25)20-9-8-19-13-20)16(24-18)11-21-10-14-6-4-3-5-7-14/h3-9,13,15-16H,10-12H2,1-2H3/t15-,16+/m1/s1. The van der Waals surface area contributed by atoms with E-state index < -0.39 is 5.79 Å². The van der Waals surface area contributed by atoms with Gasteiger partial charge in [0.1, 0.15) is 12.4 Å². The number of nitrogens with zero attached hydrogens (tertiary/aromatic N) is 2. The van der Waals surface area contributed by atoms with E-state index in [0.29, 0.717) is 25.0 Å². The lowest BCUT2D eigenvalue weighted by atomic mass is 10.1. The summed E-state index contributed by atoms with van der Waals surface area (Å²) in [5.41, 5.74) is 1.11. The number of rotatable bonds is 5. The molecule has 0 amide bonds. The van der Waals surface area contributed by atoms with Gasteiger partial charge in [0.05, 0.1) is 19.8 Å². The minimum absolute atomic E-state index is 0.283.